The third kappa shape index (κ3) is 3.09. The first-order valence-electron chi connectivity index (χ1n) is 6.22. The lowest BCUT2D eigenvalue weighted by molar-refractivity contribution is -0.121. The average molecular weight is 247 g/mol. The van der Waals surface area contributed by atoms with Crippen LogP contribution in [-0.2, 0) is 4.79 Å². The van der Waals surface area contributed by atoms with Crippen LogP contribution in [0.2, 0.25) is 0 Å². The molecule has 1 fully saturated rings. The van der Waals surface area contributed by atoms with E-state index in [9.17, 15) is 9.59 Å². The molecule has 2 rings (SSSR count). The van der Waals surface area contributed by atoms with Crippen LogP contribution in [0, 0.1) is 5.92 Å². The van der Waals surface area contributed by atoms with Crippen LogP contribution in [0.15, 0.2) is 24.3 Å². The van der Waals surface area contributed by atoms with Gasteiger partial charge < -0.3 is 10.5 Å². The highest BCUT2D eigenvalue weighted by atomic mass is 16.5. The predicted molar refractivity (Wildman–Crippen MR) is 67.4 cm³/mol. The molecule has 2 N–H and O–H groups in total. The normalized spacial score (nSPS) is 18.9. The quantitative estimate of drug-likeness (QED) is 0.864. The van der Waals surface area contributed by atoms with Crippen molar-refractivity contribution in [2.45, 2.75) is 25.7 Å². The van der Waals surface area contributed by atoms with Crippen LogP contribution in [0.5, 0.6) is 5.75 Å². The lowest BCUT2D eigenvalue weighted by Gasteiger charge is -2.10. The Morgan fingerprint density at radius 2 is 2.28 bits per heavy atom. The van der Waals surface area contributed by atoms with Crippen LogP contribution in [0.25, 0.3) is 0 Å². The summed E-state index contributed by atoms with van der Waals surface area (Å²) in [5, 5.41) is 0. The average Bonchev–Trinajstić information content (AvgIpc) is 2.76. The second kappa shape index (κ2) is 5.67. The lowest BCUT2D eigenvalue weighted by Crippen LogP contribution is -2.12. The Kier molecular flexibility index (Phi) is 3.97. The van der Waals surface area contributed by atoms with Gasteiger partial charge in [0.1, 0.15) is 11.5 Å². The number of benzene rings is 1. The van der Waals surface area contributed by atoms with Crippen molar-refractivity contribution in [2.24, 2.45) is 11.7 Å². The molecule has 0 aliphatic heterocycles. The molecule has 18 heavy (non-hydrogen) atoms. The van der Waals surface area contributed by atoms with Gasteiger partial charge in [-0.15, -0.1) is 0 Å². The molecular formula is C14H17NO3. The highest BCUT2D eigenvalue weighted by Gasteiger charge is 2.23. The molecule has 0 heterocycles. The van der Waals surface area contributed by atoms with Crippen LogP contribution in [0.3, 0.4) is 0 Å². The van der Waals surface area contributed by atoms with Gasteiger partial charge in [0.25, 0.3) is 0 Å². The van der Waals surface area contributed by atoms with E-state index in [-0.39, 0.29) is 5.92 Å². The summed E-state index contributed by atoms with van der Waals surface area (Å²) < 4.78 is 5.55. The molecule has 4 heteroatoms. The highest BCUT2D eigenvalue weighted by Crippen LogP contribution is 2.24. The largest absolute Gasteiger partial charge is 0.494 e. The molecule has 1 saturated carbocycles. The number of ketones is 1. The number of primary amides is 1. The molecule has 0 bridgehead atoms. The van der Waals surface area contributed by atoms with E-state index in [0.29, 0.717) is 30.1 Å². The van der Waals surface area contributed by atoms with Gasteiger partial charge in [0.05, 0.1) is 6.61 Å². The van der Waals surface area contributed by atoms with Crippen molar-refractivity contribution in [3.63, 3.8) is 0 Å². The van der Waals surface area contributed by atoms with Gasteiger partial charge in [-0.25, -0.2) is 0 Å². The molecule has 1 unspecified atom stereocenters. The maximum Gasteiger partial charge on any atom is 0.248 e. The number of hydrogen-bond donors (Lipinski definition) is 1. The molecule has 0 aromatic heterocycles. The van der Waals surface area contributed by atoms with Gasteiger partial charge >= 0.3 is 0 Å². The number of carbonyl (C=O) groups excluding carboxylic acids is 2. The Morgan fingerprint density at radius 3 is 2.94 bits per heavy atom. The molecule has 0 radical (unpaired) electrons. The van der Waals surface area contributed by atoms with Gasteiger partial charge in [0.15, 0.2) is 0 Å². The molecule has 0 saturated heterocycles. The summed E-state index contributed by atoms with van der Waals surface area (Å²) in [4.78, 5) is 22.4. The summed E-state index contributed by atoms with van der Waals surface area (Å²) in [5.41, 5.74) is 5.62. The maximum atomic E-state index is 11.4. The predicted octanol–water partition coefficient (Wildman–Crippen LogP) is 1.92. The standard InChI is InChI=1S/C14H17NO3/c15-14(17)11-4-1-5-12(9-11)18-8-7-10-3-2-6-13(10)16/h1,4-5,9-10H,2-3,6-8H2,(H2,15,17). The van der Waals surface area contributed by atoms with Crippen molar-refractivity contribution in [1.29, 1.82) is 0 Å². The van der Waals surface area contributed by atoms with E-state index >= 15 is 0 Å². The summed E-state index contributed by atoms with van der Waals surface area (Å²) in [6.07, 6.45) is 3.44. The molecule has 1 aliphatic rings. The highest BCUT2D eigenvalue weighted by molar-refractivity contribution is 5.93. The number of carbonyl (C=O) groups is 2. The number of hydrogen-bond acceptors (Lipinski definition) is 3. The van der Waals surface area contributed by atoms with Crippen molar-refractivity contribution in [3.05, 3.63) is 29.8 Å². The summed E-state index contributed by atoms with van der Waals surface area (Å²) in [6.45, 7) is 0.499. The fourth-order valence-electron chi connectivity index (χ4n) is 2.25. The lowest BCUT2D eigenvalue weighted by atomic mass is 10.0. The van der Waals surface area contributed by atoms with Crippen molar-refractivity contribution in [1.82, 2.24) is 0 Å². The second-order valence-corrected chi connectivity index (χ2v) is 4.58. The molecular weight excluding hydrogens is 230 g/mol. The van der Waals surface area contributed by atoms with E-state index in [1.807, 2.05) is 0 Å². The smallest absolute Gasteiger partial charge is 0.248 e. The van der Waals surface area contributed by atoms with Crippen LogP contribution < -0.4 is 10.5 Å². The second-order valence-electron chi connectivity index (χ2n) is 4.58. The zero-order valence-corrected chi connectivity index (χ0v) is 10.2. The number of amides is 1. The van der Waals surface area contributed by atoms with E-state index in [0.717, 1.165) is 19.3 Å². The summed E-state index contributed by atoms with van der Waals surface area (Å²) in [5.74, 6) is 0.664. The van der Waals surface area contributed by atoms with Crippen LogP contribution in [0.4, 0.5) is 0 Å². The molecule has 0 spiro atoms. The van der Waals surface area contributed by atoms with Crippen molar-refractivity contribution < 1.29 is 14.3 Å². The maximum absolute atomic E-state index is 11.4. The van der Waals surface area contributed by atoms with Gasteiger partial charge in [-0.1, -0.05) is 6.07 Å². The molecule has 1 aromatic carbocycles. The van der Waals surface area contributed by atoms with Crippen LogP contribution in [-0.4, -0.2) is 18.3 Å². The zero-order valence-electron chi connectivity index (χ0n) is 10.2. The Labute approximate surface area is 106 Å². The molecule has 1 atom stereocenters. The number of rotatable bonds is 5. The first-order chi connectivity index (χ1) is 8.66. The van der Waals surface area contributed by atoms with Gasteiger partial charge in [-0.05, 0) is 37.5 Å². The first-order valence-corrected chi connectivity index (χ1v) is 6.22. The Morgan fingerprint density at radius 1 is 1.44 bits per heavy atom. The topological polar surface area (TPSA) is 69.4 Å². The third-order valence-electron chi connectivity index (χ3n) is 3.28. The molecule has 96 valence electrons. The summed E-state index contributed by atoms with van der Waals surface area (Å²) in [6, 6.07) is 6.79. The van der Waals surface area contributed by atoms with Gasteiger partial charge in [0, 0.05) is 17.9 Å². The number of ether oxygens (including phenoxy) is 1. The third-order valence-corrected chi connectivity index (χ3v) is 3.28. The van der Waals surface area contributed by atoms with E-state index in [1.165, 1.54) is 0 Å². The molecule has 4 nitrogen and oxygen atoms in total. The van der Waals surface area contributed by atoms with Gasteiger partial charge in [0.2, 0.25) is 5.91 Å². The SMILES string of the molecule is NC(=O)c1cccc(OCCC2CCCC2=O)c1. The van der Waals surface area contributed by atoms with Crippen molar-refractivity contribution in [3.8, 4) is 5.75 Å². The van der Waals surface area contributed by atoms with E-state index in [1.54, 1.807) is 24.3 Å². The first kappa shape index (κ1) is 12.6. The summed E-state index contributed by atoms with van der Waals surface area (Å²) >= 11 is 0. The minimum atomic E-state index is -0.466. The minimum absolute atomic E-state index is 0.157. The Bertz CT molecular complexity index is 456. The summed E-state index contributed by atoms with van der Waals surface area (Å²) in [7, 11) is 0. The van der Waals surface area contributed by atoms with E-state index in [4.69, 9.17) is 10.5 Å². The van der Waals surface area contributed by atoms with Crippen LogP contribution in [0.1, 0.15) is 36.0 Å². The van der Waals surface area contributed by atoms with Crippen molar-refractivity contribution >= 4 is 11.7 Å². The monoisotopic (exact) mass is 247 g/mol. The van der Waals surface area contributed by atoms with Crippen LogP contribution >= 0.6 is 0 Å². The fourth-order valence-corrected chi connectivity index (χ4v) is 2.25. The zero-order chi connectivity index (χ0) is 13.0. The fraction of sp³-hybridized carbons (Fsp3) is 0.429. The number of nitrogens with two attached hydrogens (primary N) is 1. The number of Topliss-reactive ketones (excluding diaryl/α,β-unsaturated/α-hetero) is 1. The Hall–Kier alpha value is -1.84. The van der Waals surface area contributed by atoms with E-state index < -0.39 is 5.91 Å². The molecule has 1 aliphatic carbocycles. The van der Waals surface area contributed by atoms with Gasteiger partial charge in [-0.2, -0.15) is 0 Å². The van der Waals surface area contributed by atoms with E-state index in [2.05, 4.69) is 0 Å². The van der Waals surface area contributed by atoms with Gasteiger partial charge in [-0.3, -0.25) is 9.59 Å². The molecule has 1 amide bonds. The molecule has 1 aromatic rings. The Balaban J connectivity index is 1.84. The van der Waals surface area contributed by atoms with Crippen molar-refractivity contribution in [2.75, 3.05) is 6.61 Å². The minimum Gasteiger partial charge on any atom is -0.494 e.